The Kier molecular flexibility index (Phi) is 8.95. The first kappa shape index (κ1) is 26.3. The molecule has 0 radical (unpaired) electrons. The Bertz CT molecular complexity index is 1140. The number of nitrogens with zero attached hydrogens (tertiary/aromatic N) is 2. The summed E-state index contributed by atoms with van der Waals surface area (Å²) >= 11 is 6.01. The monoisotopic (exact) mass is 502 g/mol. The van der Waals surface area contributed by atoms with Crippen LogP contribution in [0.1, 0.15) is 42.7 Å². The molecule has 3 rings (SSSR count). The van der Waals surface area contributed by atoms with Gasteiger partial charge in [0.2, 0.25) is 0 Å². The lowest BCUT2D eigenvalue weighted by atomic mass is 9.79. The van der Waals surface area contributed by atoms with Crippen molar-refractivity contribution in [2.24, 2.45) is 5.41 Å². The molecular weight excluding hydrogens is 475 g/mol. The largest absolute Gasteiger partial charge is 0.481 e. The van der Waals surface area contributed by atoms with Gasteiger partial charge in [0, 0.05) is 29.8 Å². The van der Waals surface area contributed by atoms with Crippen LogP contribution in [-0.4, -0.2) is 51.6 Å². The van der Waals surface area contributed by atoms with Crippen molar-refractivity contribution in [3.05, 3.63) is 70.8 Å². The van der Waals surface area contributed by atoms with Gasteiger partial charge in [-0.25, -0.2) is 4.39 Å². The van der Waals surface area contributed by atoms with Crippen molar-refractivity contribution in [2.45, 2.75) is 39.2 Å². The summed E-state index contributed by atoms with van der Waals surface area (Å²) in [6, 6.07) is 11.0. The summed E-state index contributed by atoms with van der Waals surface area (Å²) in [6.07, 6.45) is 2.19. The van der Waals surface area contributed by atoms with Gasteiger partial charge in [0.1, 0.15) is 5.82 Å². The number of H-pyrrole nitrogens is 1. The Balaban J connectivity index is 1.82. The molecule has 35 heavy (non-hydrogen) atoms. The first-order valence-electron chi connectivity index (χ1n) is 11.2. The molecule has 0 aliphatic heterocycles. The number of hydrogen-bond donors (Lipinski definition) is 3. The number of ether oxygens (including phenoxy) is 1. The zero-order valence-electron chi connectivity index (χ0n) is 19.6. The number of rotatable bonds is 12. The van der Waals surface area contributed by atoms with Gasteiger partial charge in [-0.05, 0) is 62.4 Å². The number of amides is 1. The summed E-state index contributed by atoms with van der Waals surface area (Å²) in [5.41, 5.74) is 0.867. The van der Waals surface area contributed by atoms with Crippen LogP contribution in [0.2, 0.25) is 5.02 Å². The predicted molar refractivity (Wildman–Crippen MR) is 130 cm³/mol. The molecule has 0 saturated carbocycles. The standard InChI is InChI=1S/C25H28ClFN4O4/c1-3-35-11-10-25(2,24(33)34)14-19(29-23(32)22-15-28-31-30-22)12-16-4-6-17(7-5-16)20-13-18(26)8-9-21(20)27/h4-9,13,15,19H,3,10-12,14H2,1-2H3,(H,29,32)(H,33,34)(H,28,30,31)/t19-,25-/m1/s1. The van der Waals surface area contributed by atoms with Crippen LogP contribution in [0.25, 0.3) is 11.1 Å². The van der Waals surface area contributed by atoms with Gasteiger partial charge in [-0.2, -0.15) is 0 Å². The first-order chi connectivity index (χ1) is 16.7. The molecule has 2 aromatic carbocycles. The molecule has 8 nitrogen and oxygen atoms in total. The maximum Gasteiger partial charge on any atom is 0.309 e. The molecule has 1 amide bonds. The molecule has 0 unspecified atom stereocenters. The Morgan fingerprint density at radius 1 is 1.26 bits per heavy atom. The van der Waals surface area contributed by atoms with E-state index in [2.05, 4.69) is 20.7 Å². The Hall–Kier alpha value is -3.30. The van der Waals surface area contributed by atoms with Gasteiger partial charge in [0.05, 0.1) is 11.6 Å². The molecular formula is C25H28ClFN4O4. The topological polar surface area (TPSA) is 117 Å². The first-order valence-corrected chi connectivity index (χ1v) is 11.6. The number of benzene rings is 2. The number of carboxylic acid groups (broad SMARTS) is 1. The average Bonchev–Trinajstić information content (AvgIpc) is 3.36. The van der Waals surface area contributed by atoms with Crippen LogP contribution >= 0.6 is 11.6 Å². The van der Waals surface area contributed by atoms with E-state index in [-0.39, 0.29) is 17.9 Å². The Labute approximate surface area is 207 Å². The fourth-order valence-electron chi connectivity index (χ4n) is 3.85. The van der Waals surface area contributed by atoms with E-state index in [1.165, 1.54) is 18.3 Å². The smallest absolute Gasteiger partial charge is 0.309 e. The van der Waals surface area contributed by atoms with Crippen molar-refractivity contribution >= 4 is 23.5 Å². The average molecular weight is 503 g/mol. The van der Waals surface area contributed by atoms with E-state index < -0.39 is 23.3 Å². The number of halogens is 2. The molecule has 186 valence electrons. The van der Waals surface area contributed by atoms with Gasteiger partial charge in [-0.3, -0.25) is 14.7 Å². The minimum atomic E-state index is -1.12. The van der Waals surface area contributed by atoms with Crippen molar-refractivity contribution in [3.8, 4) is 11.1 Å². The molecule has 0 saturated heterocycles. The quantitative estimate of drug-likeness (QED) is 0.314. The van der Waals surface area contributed by atoms with Crippen LogP contribution in [-0.2, 0) is 16.0 Å². The van der Waals surface area contributed by atoms with Gasteiger partial charge in [0.15, 0.2) is 5.69 Å². The van der Waals surface area contributed by atoms with Crippen LogP contribution < -0.4 is 5.32 Å². The summed E-state index contributed by atoms with van der Waals surface area (Å²) < 4.78 is 19.6. The van der Waals surface area contributed by atoms with Gasteiger partial charge in [-0.1, -0.05) is 41.1 Å². The van der Waals surface area contributed by atoms with Crippen molar-refractivity contribution < 1.29 is 23.8 Å². The lowest BCUT2D eigenvalue weighted by molar-refractivity contribution is -0.150. The van der Waals surface area contributed by atoms with Crippen LogP contribution in [0.3, 0.4) is 0 Å². The Morgan fingerprint density at radius 3 is 2.63 bits per heavy atom. The Morgan fingerprint density at radius 2 is 2.00 bits per heavy atom. The number of carbonyl (C=O) groups is 2. The summed E-state index contributed by atoms with van der Waals surface area (Å²) in [6.45, 7) is 4.28. The highest BCUT2D eigenvalue weighted by Gasteiger charge is 2.36. The number of nitrogens with one attached hydrogen (secondary N) is 2. The van der Waals surface area contributed by atoms with Crippen LogP contribution in [0.15, 0.2) is 48.7 Å². The summed E-state index contributed by atoms with van der Waals surface area (Å²) in [4.78, 5) is 24.8. The molecule has 2 atom stereocenters. The fourth-order valence-corrected chi connectivity index (χ4v) is 4.02. The molecule has 0 bridgehead atoms. The second-order valence-electron chi connectivity index (χ2n) is 8.57. The highest BCUT2D eigenvalue weighted by molar-refractivity contribution is 6.30. The minimum absolute atomic E-state index is 0.105. The molecule has 3 aromatic rings. The number of aromatic nitrogens is 3. The van der Waals surface area contributed by atoms with E-state index in [4.69, 9.17) is 16.3 Å². The van der Waals surface area contributed by atoms with Crippen LogP contribution in [0.4, 0.5) is 4.39 Å². The number of hydrogen-bond acceptors (Lipinski definition) is 5. The second-order valence-corrected chi connectivity index (χ2v) is 9.01. The number of aromatic amines is 1. The van der Waals surface area contributed by atoms with Gasteiger partial charge < -0.3 is 15.2 Å². The predicted octanol–water partition coefficient (Wildman–Crippen LogP) is 4.51. The van der Waals surface area contributed by atoms with E-state index in [9.17, 15) is 19.1 Å². The molecule has 0 spiro atoms. The highest BCUT2D eigenvalue weighted by Crippen LogP contribution is 2.31. The SMILES string of the molecule is CCOCC[C@](C)(C[C@@H](Cc1ccc(-c2cc(Cl)ccc2F)cc1)NC(=O)c1c[nH]nn1)C(=O)O. The summed E-state index contributed by atoms with van der Waals surface area (Å²) in [5, 5.41) is 23.0. The van der Waals surface area contributed by atoms with Gasteiger partial charge in [-0.15, -0.1) is 5.10 Å². The number of carbonyl (C=O) groups excluding carboxylic acids is 1. The second kappa shape index (κ2) is 11.9. The maximum absolute atomic E-state index is 14.2. The molecule has 1 aromatic heterocycles. The van der Waals surface area contributed by atoms with E-state index in [0.717, 1.165) is 5.56 Å². The van der Waals surface area contributed by atoms with Crippen molar-refractivity contribution in [1.29, 1.82) is 0 Å². The molecule has 10 heteroatoms. The fraction of sp³-hybridized carbons (Fsp3) is 0.360. The molecule has 0 aliphatic rings. The van der Waals surface area contributed by atoms with E-state index in [1.807, 2.05) is 19.1 Å². The normalized spacial score (nSPS) is 13.7. The zero-order chi connectivity index (χ0) is 25.4. The van der Waals surface area contributed by atoms with Gasteiger partial charge in [0.25, 0.3) is 5.91 Å². The maximum atomic E-state index is 14.2. The third-order valence-corrected chi connectivity index (χ3v) is 6.11. The zero-order valence-corrected chi connectivity index (χ0v) is 20.3. The van der Waals surface area contributed by atoms with Crippen molar-refractivity contribution in [3.63, 3.8) is 0 Å². The third kappa shape index (κ3) is 7.10. The van der Waals surface area contributed by atoms with Crippen molar-refractivity contribution in [1.82, 2.24) is 20.7 Å². The molecule has 0 aliphatic carbocycles. The lowest BCUT2D eigenvalue weighted by Gasteiger charge is -2.30. The number of carboxylic acids is 1. The van der Waals surface area contributed by atoms with Crippen LogP contribution in [0, 0.1) is 11.2 Å². The van der Waals surface area contributed by atoms with Crippen LogP contribution in [0.5, 0.6) is 0 Å². The molecule has 0 fully saturated rings. The third-order valence-electron chi connectivity index (χ3n) is 5.88. The molecule has 3 N–H and O–H groups in total. The van der Waals surface area contributed by atoms with Gasteiger partial charge >= 0.3 is 5.97 Å². The summed E-state index contributed by atoms with van der Waals surface area (Å²) in [7, 11) is 0. The van der Waals surface area contributed by atoms with Crippen molar-refractivity contribution in [2.75, 3.05) is 13.2 Å². The van der Waals surface area contributed by atoms with E-state index in [1.54, 1.807) is 25.1 Å². The minimum Gasteiger partial charge on any atom is -0.481 e. The molecule has 1 heterocycles. The van der Waals surface area contributed by atoms with E-state index >= 15 is 0 Å². The lowest BCUT2D eigenvalue weighted by Crippen LogP contribution is -2.43. The van der Waals surface area contributed by atoms with E-state index in [0.29, 0.717) is 42.2 Å². The summed E-state index contributed by atoms with van der Waals surface area (Å²) in [5.74, 6) is -1.81. The number of aliphatic carboxylic acids is 1. The highest BCUT2D eigenvalue weighted by atomic mass is 35.5.